The minimum Gasteiger partial charge on any atom is -0.476 e. The number of aromatic nitrogens is 2. The lowest BCUT2D eigenvalue weighted by atomic mass is 10.0. The highest BCUT2D eigenvalue weighted by molar-refractivity contribution is 5.53. The smallest absolute Gasteiger partial charge is 0.235 e. The molecule has 0 radical (unpaired) electrons. The molecule has 0 saturated carbocycles. The summed E-state index contributed by atoms with van der Waals surface area (Å²) in [5, 5.41) is 4.41. The zero-order valence-corrected chi connectivity index (χ0v) is 11.3. The van der Waals surface area contributed by atoms with Crippen LogP contribution in [-0.4, -0.2) is 29.6 Å². The largest absolute Gasteiger partial charge is 0.476 e. The number of hydrogen-bond acceptors (Lipinski definition) is 4. The number of nitrogen functional groups attached to an aromatic ring is 1. The van der Waals surface area contributed by atoms with Gasteiger partial charge in [0.2, 0.25) is 5.88 Å². The molecule has 5 heteroatoms. The van der Waals surface area contributed by atoms with Gasteiger partial charge in [-0.1, -0.05) is 13.3 Å². The number of anilines is 1. The summed E-state index contributed by atoms with van der Waals surface area (Å²) in [4.78, 5) is 0. The fourth-order valence-corrected chi connectivity index (χ4v) is 2.28. The maximum atomic E-state index is 6.07. The Kier molecular flexibility index (Phi) is 4.47. The van der Waals surface area contributed by atoms with E-state index in [0.29, 0.717) is 24.1 Å². The number of nitrogens with zero attached hydrogens (tertiary/aromatic N) is 2. The predicted molar refractivity (Wildman–Crippen MR) is 70.7 cm³/mol. The van der Waals surface area contributed by atoms with Crippen LogP contribution in [0.15, 0.2) is 0 Å². The summed E-state index contributed by atoms with van der Waals surface area (Å²) >= 11 is 0. The number of nitrogens with two attached hydrogens (primary N) is 1. The average Bonchev–Trinajstić information content (AvgIpc) is 2.64. The van der Waals surface area contributed by atoms with Gasteiger partial charge in [0, 0.05) is 20.3 Å². The first-order valence-electron chi connectivity index (χ1n) is 6.74. The van der Waals surface area contributed by atoms with E-state index in [2.05, 4.69) is 12.0 Å². The van der Waals surface area contributed by atoms with Crippen molar-refractivity contribution >= 4 is 5.69 Å². The highest BCUT2D eigenvalue weighted by Gasteiger charge is 2.18. The molecular formula is C13H23N3O2. The molecule has 0 aromatic carbocycles. The zero-order valence-electron chi connectivity index (χ0n) is 11.3. The van der Waals surface area contributed by atoms with Gasteiger partial charge in [-0.3, -0.25) is 0 Å². The number of ether oxygens (including phenoxy) is 2. The normalized spacial score (nSPS) is 17.0. The topological polar surface area (TPSA) is 62.3 Å². The highest BCUT2D eigenvalue weighted by Crippen LogP contribution is 2.26. The van der Waals surface area contributed by atoms with E-state index < -0.39 is 0 Å². The molecule has 1 aliphatic rings. The summed E-state index contributed by atoms with van der Waals surface area (Å²) in [7, 11) is 1.88. The standard InChI is InChI=1S/C13H23N3O2/c1-3-4-11-12(14)13(16(2)15-11)18-9-10-5-7-17-8-6-10/h10H,3-9,14H2,1-2H3. The lowest BCUT2D eigenvalue weighted by Crippen LogP contribution is -2.22. The van der Waals surface area contributed by atoms with Crippen molar-refractivity contribution in [2.45, 2.75) is 32.6 Å². The van der Waals surface area contributed by atoms with Gasteiger partial charge in [-0.15, -0.1) is 0 Å². The van der Waals surface area contributed by atoms with E-state index in [9.17, 15) is 0 Å². The molecule has 1 aliphatic heterocycles. The van der Waals surface area contributed by atoms with Gasteiger partial charge >= 0.3 is 0 Å². The Bertz CT molecular complexity index is 384. The first-order chi connectivity index (χ1) is 8.72. The van der Waals surface area contributed by atoms with Crippen molar-refractivity contribution in [2.75, 3.05) is 25.6 Å². The van der Waals surface area contributed by atoms with Crippen molar-refractivity contribution in [3.63, 3.8) is 0 Å². The van der Waals surface area contributed by atoms with Crippen LogP contribution in [0.3, 0.4) is 0 Å². The van der Waals surface area contributed by atoms with Crippen molar-refractivity contribution < 1.29 is 9.47 Å². The molecule has 0 amide bonds. The van der Waals surface area contributed by atoms with Gasteiger partial charge in [0.05, 0.1) is 12.3 Å². The first-order valence-corrected chi connectivity index (χ1v) is 6.74. The minimum atomic E-state index is 0.572. The lowest BCUT2D eigenvalue weighted by molar-refractivity contribution is 0.0485. The maximum Gasteiger partial charge on any atom is 0.235 e. The lowest BCUT2D eigenvalue weighted by Gasteiger charge is -2.22. The van der Waals surface area contributed by atoms with Crippen molar-refractivity contribution in [1.82, 2.24) is 9.78 Å². The Morgan fingerprint density at radius 2 is 2.17 bits per heavy atom. The van der Waals surface area contributed by atoms with Gasteiger partial charge in [0.15, 0.2) is 0 Å². The second kappa shape index (κ2) is 6.09. The van der Waals surface area contributed by atoms with E-state index in [4.69, 9.17) is 15.2 Å². The van der Waals surface area contributed by atoms with E-state index >= 15 is 0 Å². The third kappa shape index (κ3) is 2.96. The average molecular weight is 253 g/mol. The van der Waals surface area contributed by atoms with Crippen molar-refractivity contribution in [2.24, 2.45) is 13.0 Å². The van der Waals surface area contributed by atoms with E-state index in [0.717, 1.165) is 44.6 Å². The van der Waals surface area contributed by atoms with Crippen molar-refractivity contribution in [3.05, 3.63) is 5.69 Å². The Morgan fingerprint density at radius 1 is 1.44 bits per heavy atom. The number of aryl methyl sites for hydroxylation is 2. The third-order valence-corrected chi connectivity index (χ3v) is 3.39. The van der Waals surface area contributed by atoms with E-state index in [1.54, 1.807) is 4.68 Å². The molecule has 5 nitrogen and oxygen atoms in total. The number of hydrogen-bond donors (Lipinski definition) is 1. The Morgan fingerprint density at radius 3 is 2.83 bits per heavy atom. The van der Waals surface area contributed by atoms with Crippen LogP contribution in [0, 0.1) is 5.92 Å². The maximum absolute atomic E-state index is 6.07. The van der Waals surface area contributed by atoms with Crippen LogP contribution in [0.1, 0.15) is 31.9 Å². The van der Waals surface area contributed by atoms with Crippen molar-refractivity contribution in [1.29, 1.82) is 0 Å². The summed E-state index contributed by atoms with van der Waals surface area (Å²) < 4.78 is 12.9. The van der Waals surface area contributed by atoms with Crippen LogP contribution in [0.5, 0.6) is 5.88 Å². The van der Waals surface area contributed by atoms with Crippen LogP contribution in [0.25, 0.3) is 0 Å². The molecule has 1 aromatic rings. The van der Waals surface area contributed by atoms with Crippen LogP contribution in [0.4, 0.5) is 5.69 Å². The number of rotatable bonds is 5. The molecule has 18 heavy (non-hydrogen) atoms. The fraction of sp³-hybridized carbons (Fsp3) is 0.769. The SMILES string of the molecule is CCCc1nn(C)c(OCC2CCOCC2)c1N. The van der Waals surface area contributed by atoms with Gasteiger partial charge in [0.1, 0.15) is 5.69 Å². The second-order valence-corrected chi connectivity index (χ2v) is 4.91. The third-order valence-electron chi connectivity index (χ3n) is 3.39. The van der Waals surface area contributed by atoms with Gasteiger partial charge in [-0.2, -0.15) is 5.10 Å². The highest BCUT2D eigenvalue weighted by atomic mass is 16.5. The minimum absolute atomic E-state index is 0.572. The predicted octanol–water partition coefficient (Wildman–Crippen LogP) is 1.76. The molecule has 2 heterocycles. The van der Waals surface area contributed by atoms with Crippen LogP contribution in [-0.2, 0) is 18.2 Å². The first kappa shape index (κ1) is 13.2. The summed E-state index contributed by atoms with van der Waals surface area (Å²) in [5.74, 6) is 1.28. The molecule has 0 spiro atoms. The van der Waals surface area contributed by atoms with E-state index in [1.807, 2.05) is 7.05 Å². The fourth-order valence-electron chi connectivity index (χ4n) is 2.28. The Balaban J connectivity index is 1.95. The van der Waals surface area contributed by atoms with Crippen LogP contribution in [0.2, 0.25) is 0 Å². The Labute approximate surface area is 108 Å². The molecule has 0 bridgehead atoms. The zero-order chi connectivity index (χ0) is 13.0. The molecule has 2 N–H and O–H groups in total. The summed E-state index contributed by atoms with van der Waals surface area (Å²) in [6.07, 6.45) is 4.08. The van der Waals surface area contributed by atoms with E-state index in [-0.39, 0.29) is 0 Å². The van der Waals surface area contributed by atoms with Gasteiger partial charge in [0.25, 0.3) is 0 Å². The van der Waals surface area contributed by atoms with Gasteiger partial charge in [-0.05, 0) is 25.2 Å². The van der Waals surface area contributed by atoms with Crippen LogP contribution >= 0.6 is 0 Å². The monoisotopic (exact) mass is 253 g/mol. The van der Waals surface area contributed by atoms with Crippen LogP contribution < -0.4 is 10.5 Å². The quantitative estimate of drug-likeness (QED) is 0.868. The Hall–Kier alpha value is -1.23. The second-order valence-electron chi connectivity index (χ2n) is 4.91. The van der Waals surface area contributed by atoms with Crippen molar-refractivity contribution in [3.8, 4) is 5.88 Å². The molecule has 2 rings (SSSR count). The molecule has 102 valence electrons. The molecule has 0 unspecified atom stereocenters. The molecule has 1 aromatic heterocycles. The molecular weight excluding hydrogens is 230 g/mol. The van der Waals surface area contributed by atoms with Gasteiger partial charge < -0.3 is 15.2 Å². The molecule has 0 atom stereocenters. The summed E-state index contributed by atoms with van der Waals surface area (Å²) in [6.45, 7) is 4.52. The van der Waals surface area contributed by atoms with E-state index in [1.165, 1.54) is 0 Å². The summed E-state index contributed by atoms with van der Waals surface area (Å²) in [5.41, 5.74) is 7.72. The molecule has 1 saturated heterocycles. The molecule has 0 aliphatic carbocycles. The summed E-state index contributed by atoms with van der Waals surface area (Å²) in [6, 6.07) is 0. The molecule has 1 fully saturated rings. The van der Waals surface area contributed by atoms with Gasteiger partial charge in [-0.25, -0.2) is 4.68 Å².